The van der Waals surface area contributed by atoms with Gasteiger partial charge in [0.2, 0.25) is 0 Å². The maximum atomic E-state index is 6.54. The summed E-state index contributed by atoms with van der Waals surface area (Å²) in [6.07, 6.45) is 13.6. The first-order chi connectivity index (χ1) is 24.7. The molecule has 0 radical (unpaired) electrons. The molecule has 50 heavy (non-hydrogen) atoms. The lowest BCUT2D eigenvalue weighted by Crippen LogP contribution is -2.21. The number of hydrogen-bond donors (Lipinski definition) is 1. The smallest absolute Gasteiger partial charge is 0.136 e. The number of amidine groups is 1. The standard InChI is InChI=1S/C45H37N3OS/c1-3-11-35(34-15-6-4-5-12-29-13-7-8-14-33(29)28(34)2)31-19-21-39-38(26-31)36-20-18-32(27-40(36)49-39)45-47-42(30-22-24-46-25-23-30)44-43(48-45)37-16-9-10-17-41(37)50-44/h3,7-11,13-14,16-27,42H,1,4-6,12,15H2,2H3,(H,47,48)/b34-28?,35-11-. The normalized spacial score (nSPS) is 16.7. The minimum Gasteiger partial charge on any atom is -0.456 e. The number of aliphatic imine (C=N–C) groups is 1. The maximum absolute atomic E-state index is 6.54. The van der Waals surface area contributed by atoms with Crippen LogP contribution in [0.1, 0.15) is 71.3 Å². The number of pyridine rings is 1. The molecule has 0 amide bonds. The molecule has 5 heteroatoms. The quantitative estimate of drug-likeness (QED) is 0.186. The SMILES string of the molecule is C=C/C=C(\C1=C(C)c2ccccc2CCCCC1)c1ccc2oc3cc(C4=NC(c5ccncc5)c5sc6ccccc6c5N4)ccc3c2c1. The molecule has 1 N–H and O–H groups in total. The highest BCUT2D eigenvalue weighted by atomic mass is 32.1. The summed E-state index contributed by atoms with van der Waals surface area (Å²) in [5, 5.41) is 7.14. The Balaban J connectivity index is 1.13. The molecule has 244 valence electrons. The number of benzene rings is 4. The van der Waals surface area contributed by atoms with Gasteiger partial charge in [0, 0.05) is 38.8 Å². The molecule has 0 bridgehead atoms. The van der Waals surface area contributed by atoms with Gasteiger partial charge in [0.15, 0.2) is 0 Å². The molecule has 2 aliphatic rings. The highest BCUT2D eigenvalue weighted by Crippen LogP contribution is 2.46. The monoisotopic (exact) mass is 667 g/mol. The van der Waals surface area contributed by atoms with Crippen LogP contribution in [0.25, 0.3) is 43.2 Å². The number of rotatable bonds is 5. The van der Waals surface area contributed by atoms with Gasteiger partial charge < -0.3 is 9.73 Å². The molecule has 7 aromatic rings. The van der Waals surface area contributed by atoms with Crippen LogP contribution in [0.15, 0.2) is 143 Å². The Morgan fingerprint density at radius 3 is 2.58 bits per heavy atom. The van der Waals surface area contributed by atoms with E-state index in [1.54, 1.807) is 11.3 Å². The van der Waals surface area contributed by atoms with Gasteiger partial charge in [0.1, 0.15) is 23.0 Å². The molecular weight excluding hydrogens is 631 g/mol. The van der Waals surface area contributed by atoms with E-state index in [9.17, 15) is 0 Å². The zero-order chi connectivity index (χ0) is 33.6. The molecule has 0 saturated carbocycles. The molecule has 0 fully saturated rings. The summed E-state index contributed by atoms with van der Waals surface area (Å²) >= 11 is 1.80. The summed E-state index contributed by atoms with van der Waals surface area (Å²) in [5.74, 6) is 0.838. The van der Waals surface area contributed by atoms with Gasteiger partial charge in [-0.05, 0) is 114 Å². The number of nitrogens with zero attached hydrogens (tertiary/aromatic N) is 2. The molecule has 0 saturated heterocycles. The van der Waals surface area contributed by atoms with E-state index < -0.39 is 0 Å². The number of thiophene rings is 1. The van der Waals surface area contributed by atoms with E-state index in [-0.39, 0.29) is 6.04 Å². The van der Waals surface area contributed by atoms with Crippen molar-refractivity contribution in [2.24, 2.45) is 4.99 Å². The second kappa shape index (κ2) is 12.7. The summed E-state index contributed by atoms with van der Waals surface area (Å²) in [6.45, 7) is 6.42. The van der Waals surface area contributed by atoms with Crippen LogP contribution in [0, 0.1) is 0 Å². The first-order valence-electron chi connectivity index (χ1n) is 17.5. The Morgan fingerprint density at radius 1 is 0.840 bits per heavy atom. The number of furan rings is 1. The molecule has 1 aliphatic heterocycles. The Kier molecular flexibility index (Phi) is 7.78. The number of fused-ring (bicyclic) bond motifs is 7. The van der Waals surface area contributed by atoms with Gasteiger partial charge in [-0.3, -0.25) is 9.98 Å². The highest BCUT2D eigenvalue weighted by molar-refractivity contribution is 7.20. The molecular formula is C45H37N3OS. The van der Waals surface area contributed by atoms with Gasteiger partial charge >= 0.3 is 0 Å². The van der Waals surface area contributed by atoms with Crippen LogP contribution in [-0.4, -0.2) is 10.8 Å². The van der Waals surface area contributed by atoms with Crippen molar-refractivity contribution < 1.29 is 4.42 Å². The van der Waals surface area contributed by atoms with E-state index in [0.29, 0.717) is 0 Å². The van der Waals surface area contributed by atoms with E-state index in [1.807, 2.05) is 18.5 Å². The topological polar surface area (TPSA) is 50.4 Å². The van der Waals surface area contributed by atoms with Gasteiger partial charge in [-0.2, -0.15) is 0 Å². The van der Waals surface area contributed by atoms with Crippen molar-refractivity contribution in [1.82, 2.24) is 4.98 Å². The fourth-order valence-corrected chi connectivity index (χ4v) is 9.04. The fraction of sp³-hybridized carbons (Fsp3) is 0.156. The predicted octanol–water partition coefficient (Wildman–Crippen LogP) is 12.3. The van der Waals surface area contributed by atoms with Crippen LogP contribution in [0.3, 0.4) is 0 Å². The third kappa shape index (κ3) is 5.30. The van der Waals surface area contributed by atoms with Crippen molar-refractivity contribution in [3.8, 4) is 0 Å². The van der Waals surface area contributed by atoms with Crippen molar-refractivity contribution >= 4 is 66.0 Å². The second-order valence-electron chi connectivity index (χ2n) is 13.3. The van der Waals surface area contributed by atoms with Gasteiger partial charge in [-0.25, -0.2) is 0 Å². The van der Waals surface area contributed by atoms with E-state index in [2.05, 4.69) is 127 Å². The third-order valence-electron chi connectivity index (χ3n) is 10.3. The summed E-state index contributed by atoms with van der Waals surface area (Å²) in [5.41, 5.74) is 13.0. The lowest BCUT2D eigenvalue weighted by Gasteiger charge is -2.23. The molecule has 4 heterocycles. The summed E-state index contributed by atoms with van der Waals surface area (Å²) in [6, 6.07) is 34.6. The van der Waals surface area contributed by atoms with Crippen LogP contribution in [0.5, 0.6) is 0 Å². The first kappa shape index (κ1) is 30.5. The van der Waals surface area contributed by atoms with Crippen molar-refractivity contribution in [1.29, 1.82) is 0 Å². The fourth-order valence-electron chi connectivity index (χ4n) is 7.81. The summed E-state index contributed by atoms with van der Waals surface area (Å²) < 4.78 is 7.79. The molecule has 1 aliphatic carbocycles. The molecule has 4 aromatic carbocycles. The number of hydrogen-bond acceptors (Lipinski definition) is 5. The van der Waals surface area contributed by atoms with E-state index >= 15 is 0 Å². The average molecular weight is 668 g/mol. The van der Waals surface area contributed by atoms with Crippen LogP contribution < -0.4 is 5.32 Å². The molecule has 9 rings (SSSR count). The number of aromatic nitrogens is 1. The Hall–Kier alpha value is -5.52. The van der Waals surface area contributed by atoms with Gasteiger partial charge in [0.05, 0.1) is 10.6 Å². The molecule has 3 aromatic heterocycles. The van der Waals surface area contributed by atoms with Gasteiger partial charge in [0.25, 0.3) is 0 Å². The van der Waals surface area contributed by atoms with Crippen molar-refractivity contribution in [3.05, 3.63) is 166 Å². The van der Waals surface area contributed by atoms with E-state index in [1.165, 1.54) is 67.6 Å². The largest absolute Gasteiger partial charge is 0.456 e. The number of aryl methyl sites for hydroxylation is 1. The van der Waals surface area contributed by atoms with Gasteiger partial charge in [-0.1, -0.05) is 79.7 Å². The summed E-state index contributed by atoms with van der Waals surface area (Å²) in [4.78, 5) is 10.8. The third-order valence-corrected chi connectivity index (χ3v) is 11.5. The zero-order valence-electron chi connectivity index (χ0n) is 28.1. The lowest BCUT2D eigenvalue weighted by atomic mass is 9.86. The van der Waals surface area contributed by atoms with Crippen molar-refractivity contribution in [2.75, 3.05) is 5.32 Å². The molecule has 4 nitrogen and oxygen atoms in total. The second-order valence-corrected chi connectivity index (χ2v) is 14.4. The van der Waals surface area contributed by atoms with Crippen LogP contribution in [0.2, 0.25) is 0 Å². The molecule has 1 atom stereocenters. The minimum atomic E-state index is -0.118. The van der Waals surface area contributed by atoms with Crippen LogP contribution in [0.4, 0.5) is 5.69 Å². The summed E-state index contributed by atoms with van der Waals surface area (Å²) in [7, 11) is 0. The Labute approximate surface area is 296 Å². The number of allylic oxidation sites excluding steroid dienone is 5. The van der Waals surface area contributed by atoms with E-state index in [0.717, 1.165) is 57.4 Å². The van der Waals surface area contributed by atoms with E-state index in [4.69, 9.17) is 9.41 Å². The molecule has 1 unspecified atom stereocenters. The maximum Gasteiger partial charge on any atom is 0.136 e. The predicted molar refractivity (Wildman–Crippen MR) is 211 cm³/mol. The van der Waals surface area contributed by atoms with Crippen LogP contribution >= 0.6 is 11.3 Å². The number of nitrogens with one attached hydrogen (secondary N) is 1. The lowest BCUT2D eigenvalue weighted by molar-refractivity contribution is 0.669. The van der Waals surface area contributed by atoms with Crippen molar-refractivity contribution in [3.63, 3.8) is 0 Å². The first-order valence-corrected chi connectivity index (χ1v) is 18.3. The number of anilines is 1. The van der Waals surface area contributed by atoms with Crippen molar-refractivity contribution in [2.45, 2.75) is 45.1 Å². The average Bonchev–Trinajstić information content (AvgIpc) is 3.74. The van der Waals surface area contributed by atoms with Crippen LogP contribution in [-0.2, 0) is 6.42 Å². The minimum absolute atomic E-state index is 0.118. The highest BCUT2D eigenvalue weighted by Gasteiger charge is 2.28. The van der Waals surface area contributed by atoms with Gasteiger partial charge in [-0.15, -0.1) is 11.3 Å². The Bertz CT molecular complexity index is 2530. The Morgan fingerprint density at radius 2 is 1.68 bits per heavy atom. The molecule has 0 spiro atoms. The zero-order valence-corrected chi connectivity index (χ0v) is 28.9.